The standard InChI is InChI=1S/C8H8O4/c9-7(10)3-1-2-6-4-5-8(11)12-6/h2-3,6H,4-5H2,(H,9,10)/t1?,6-/m1/s1. The first-order chi connectivity index (χ1) is 5.68. The highest BCUT2D eigenvalue weighted by Gasteiger charge is 2.20. The van der Waals surface area contributed by atoms with E-state index in [9.17, 15) is 9.59 Å². The summed E-state index contributed by atoms with van der Waals surface area (Å²) in [6, 6.07) is 0. The van der Waals surface area contributed by atoms with E-state index in [1.165, 1.54) is 6.08 Å². The summed E-state index contributed by atoms with van der Waals surface area (Å²) >= 11 is 0. The largest absolute Gasteiger partial charge is 0.478 e. The highest BCUT2D eigenvalue weighted by molar-refractivity contribution is 5.79. The number of carbonyl (C=O) groups excluding carboxylic acids is 1. The van der Waals surface area contributed by atoms with Crippen molar-refractivity contribution in [2.45, 2.75) is 18.9 Å². The third kappa shape index (κ3) is 2.60. The Morgan fingerprint density at radius 3 is 3.00 bits per heavy atom. The smallest absolute Gasteiger partial charge is 0.336 e. The number of esters is 1. The molecule has 1 atom stereocenters. The summed E-state index contributed by atoms with van der Waals surface area (Å²) in [5.74, 6) is -1.30. The second kappa shape index (κ2) is 3.74. The summed E-state index contributed by atoms with van der Waals surface area (Å²) in [5, 5.41) is 8.19. The Morgan fingerprint density at radius 2 is 2.50 bits per heavy atom. The van der Waals surface area contributed by atoms with Crippen LogP contribution in [-0.2, 0) is 14.3 Å². The van der Waals surface area contributed by atoms with E-state index in [0.717, 1.165) is 6.08 Å². The lowest BCUT2D eigenvalue weighted by Gasteiger charge is -1.97. The van der Waals surface area contributed by atoms with Crippen molar-refractivity contribution < 1.29 is 19.4 Å². The first-order valence-electron chi connectivity index (χ1n) is 3.53. The zero-order valence-corrected chi connectivity index (χ0v) is 6.32. The van der Waals surface area contributed by atoms with Crippen LogP contribution in [0, 0.1) is 0 Å². The van der Waals surface area contributed by atoms with Crippen molar-refractivity contribution >= 4 is 11.9 Å². The van der Waals surface area contributed by atoms with Crippen LogP contribution in [0.5, 0.6) is 0 Å². The molecule has 1 aliphatic heterocycles. The maximum Gasteiger partial charge on any atom is 0.336 e. The van der Waals surface area contributed by atoms with Gasteiger partial charge in [-0.05, 0) is 12.5 Å². The quantitative estimate of drug-likeness (QED) is 0.370. The summed E-state index contributed by atoms with van der Waals surface area (Å²) in [4.78, 5) is 20.5. The molecule has 12 heavy (non-hydrogen) atoms. The summed E-state index contributed by atoms with van der Waals surface area (Å²) in [5.41, 5.74) is 2.42. The molecule has 4 nitrogen and oxygen atoms in total. The molecule has 1 fully saturated rings. The zero-order chi connectivity index (χ0) is 8.97. The fourth-order valence-electron chi connectivity index (χ4n) is 0.891. The molecule has 0 amide bonds. The van der Waals surface area contributed by atoms with Crippen LogP contribution in [-0.4, -0.2) is 23.1 Å². The van der Waals surface area contributed by atoms with Crippen LogP contribution in [0.1, 0.15) is 12.8 Å². The minimum Gasteiger partial charge on any atom is -0.478 e. The molecule has 0 spiro atoms. The lowest BCUT2D eigenvalue weighted by Crippen LogP contribution is -2.01. The zero-order valence-electron chi connectivity index (χ0n) is 6.32. The van der Waals surface area contributed by atoms with Gasteiger partial charge in [0.05, 0.1) is 6.08 Å². The Kier molecular flexibility index (Phi) is 2.66. The molecule has 1 N–H and O–H groups in total. The van der Waals surface area contributed by atoms with Crippen molar-refractivity contribution in [3.63, 3.8) is 0 Å². The average Bonchev–Trinajstić information content (AvgIpc) is 2.35. The van der Waals surface area contributed by atoms with E-state index in [-0.39, 0.29) is 12.1 Å². The highest BCUT2D eigenvalue weighted by atomic mass is 16.5. The molecule has 0 radical (unpaired) electrons. The van der Waals surface area contributed by atoms with Gasteiger partial charge in [0.2, 0.25) is 0 Å². The van der Waals surface area contributed by atoms with Crippen LogP contribution in [0.2, 0.25) is 0 Å². The van der Waals surface area contributed by atoms with Crippen LogP contribution < -0.4 is 0 Å². The number of carboxylic acids is 1. The highest BCUT2D eigenvalue weighted by Crippen LogP contribution is 2.13. The topological polar surface area (TPSA) is 63.6 Å². The van der Waals surface area contributed by atoms with E-state index < -0.39 is 5.97 Å². The van der Waals surface area contributed by atoms with Crippen molar-refractivity contribution in [3.8, 4) is 0 Å². The minimum absolute atomic E-state index is 0.242. The van der Waals surface area contributed by atoms with Crippen molar-refractivity contribution in [1.82, 2.24) is 0 Å². The van der Waals surface area contributed by atoms with Crippen LogP contribution in [0.3, 0.4) is 0 Å². The number of aliphatic carboxylic acids is 1. The molecule has 0 aliphatic carbocycles. The molecule has 4 heteroatoms. The molecule has 0 bridgehead atoms. The summed E-state index contributed by atoms with van der Waals surface area (Å²) < 4.78 is 4.77. The average molecular weight is 168 g/mol. The normalized spacial score (nSPS) is 21.0. The van der Waals surface area contributed by atoms with Gasteiger partial charge >= 0.3 is 11.9 Å². The van der Waals surface area contributed by atoms with Gasteiger partial charge in [-0.2, -0.15) is 0 Å². The van der Waals surface area contributed by atoms with E-state index in [2.05, 4.69) is 5.73 Å². The van der Waals surface area contributed by atoms with Crippen LogP contribution >= 0.6 is 0 Å². The van der Waals surface area contributed by atoms with Gasteiger partial charge in [-0.15, -0.1) is 5.73 Å². The second-order valence-electron chi connectivity index (χ2n) is 2.38. The van der Waals surface area contributed by atoms with Crippen LogP contribution in [0.25, 0.3) is 0 Å². The molecular weight excluding hydrogens is 160 g/mol. The lowest BCUT2D eigenvalue weighted by atomic mass is 10.2. The van der Waals surface area contributed by atoms with E-state index >= 15 is 0 Å². The maximum atomic E-state index is 10.6. The number of hydrogen-bond acceptors (Lipinski definition) is 3. The molecule has 0 aromatic rings. The molecule has 64 valence electrons. The van der Waals surface area contributed by atoms with E-state index in [0.29, 0.717) is 12.8 Å². The molecule has 1 rings (SSSR count). The van der Waals surface area contributed by atoms with Crippen LogP contribution in [0.4, 0.5) is 0 Å². The van der Waals surface area contributed by atoms with E-state index in [1.807, 2.05) is 0 Å². The molecule has 1 aliphatic rings. The number of rotatable bonds is 2. The van der Waals surface area contributed by atoms with E-state index in [1.54, 1.807) is 0 Å². The molecule has 0 unspecified atom stereocenters. The summed E-state index contributed by atoms with van der Waals surface area (Å²) in [6.07, 6.45) is 3.04. The molecule has 0 aromatic heterocycles. The number of ether oxygens (including phenoxy) is 1. The van der Waals surface area contributed by atoms with E-state index in [4.69, 9.17) is 9.84 Å². The Hall–Kier alpha value is -1.54. The van der Waals surface area contributed by atoms with Crippen molar-refractivity contribution in [3.05, 3.63) is 17.9 Å². The van der Waals surface area contributed by atoms with Gasteiger partial charge in [-0.1, -0.05) is 0 Å². The minimum atomic E-state index is -1.06. The predicted molar refractivity (Wildman–Crippen MR) is 39.4 cm³/mol. The monoisotopic (exact) mass is 168 g/mol. The third-order valence-electron chi connectivity index (χ3n) is 1.40. The fraction of sp³-hybridized carbons (Fsp3) is 0.375. The predicted octanol–water partition coefficient (Wildman–Crippen LogP) is 0.488. The van der Waals surface area contributed by atoms with Crippen molar-refractivity contribution in [2.75, 3.05) is 0 Å². The van der Waals surface area contributed by atoms with Gasteiger partial charge in [-0.25, -0.2) is 4.79 Å². The number of carboxylic acid groups (broad SMARTS) is 1. The van der Waals surface area contributed by atoms with Gasteiger partial charge in [0.1, 0.15) is 6.10 Å². The maximum absolute atomic E-state index is 10.6. The third-order valence-corrected chi connectivity index (χ3v) is 1.40. The van der Waals surface area contributed by atoms with Gasteiger partial charge in [0, 0.05) is 6.42 Å². The van der Waals surface area contributed by atoms with Gasteiger partial charge in [0.15, 0.2) is 0 Å². The number of carbonyl (C=O) groups is 2. The van der Waals surface area contributed by atoms with Gasteiger partial charge in [-0.3, -0.25) is 4.79 Å². The van der Waals surface area contributed by atoms with Crippen molar-refractivity contribution in [1.29, 1.82) is 0 Å². The number of hydrogen-bond donors (Lipinski definition) is 1. The molecular formula is C8H8O4. The first kappa shape index (κ1) is 8.56. The first-order valence-corrected chi connectivity index (χ1v) is 3.53. The SMILES string of the molecule is O=C(O)C=C=C[C@@H]1CCC(=O)O1. The fourth-order valence-corrected chi connectivity index (χ4v) is 0.891. The summed E-state index contributed by atoms with van der Waals surface area (Å²) in [6.45, 7) is 0. The molecule has 1 heterocycles. The Bertz CT molecular complexity index is 260. The Morgan fingerprint density at radius 1 is 1.75 bits per heavy atom. The molecule has 1 saturated heterocycles. The Labute approximate surface area is 69.1 Å². The number of cyclic esters (lactones) is 1. The molecule has 0 saturated carbocycles. The van der Waals surface area contributed by atoms with Gasteiger partial charge < -0.3 is 9.84 Å². The van der Waals surface area contributed by atoms with Crippen molar-refractivity contribution in [2.24, 2.45) is 0 Å². The summed E-state index contributed by atoms with van der Waals surface area (Å²) in [7, 11) is 0. The van der Waals surface area contributed by atoms with Gasteiger partial charge in [0.25, 0.3) is 0 Å². The Balaban J connectivity index is 2.46. The van der Waals surface area contributed by atoms with Crippen LogP contribution in [0.15, 0.2) is 17.9 Å². The molecule has 0 aromatic carbocycles. The second-order valence-corrected chi connectivity index (χ2v) is 2.38. The lowest BCUT2D eigenvalue weighted by molar-refractivity contribution is -0.140.